The Bertz CT molecular complexity index is 1240. The summed E-state index contributed by atoms with van der Waals surface area (Å²) in [5.74, 6) is -0.487. The monoisotopic (exact) mass is 396 g/mol. The van der Waals surface area contributed by atoms with E-state index in [2.05, 4.69) is 15.3 Å². The summed E-state index contributed by atoms with van der Waals surface area (Å²) in [6, 6.07) is 24.9. The Morgan fingerprint density at radius 2 is 1.50 bits per heavy atom. The molecule has 30 heavy (non-hydrogen) atoms. The van der Waals surface area contributed by atoms with Crippen molar-refractivity contribution in [2.45, 2.75) is 12.6 Å². The van der Waals surface area contributed by atoms with Crippen LogP contribution in [0, 0.1) is 0 Å². The van der Waals surface area contributed by atoms with Crippen LogP contribution in [0.25, 0.3) is 22.2 Å². The Kier molecular flexibility index (Phi) is 5.59. The van der Waals surface area contributed by atoms with Gasteiger partial charge in [-0.1, -0.05) is 78.9 Å². The van der Waals surface area contributed by atoms with Crippen LogP contribution in [0.5, 0.6) is 0 Å². The molecule has 4 aromatic rings. The van der Waals surface area contributed by atoms with Crippen LogP contribution < -0.4 is 16.6 Å². The van der Waals surface area contributed by atoms with Gasteiger partial charge >= 0.3 is 0 Å². The largest absolute Gasteiger partial charge is 0.350 e. The molecule has 148 valence electrons. The maximum Gasteiger partial charge on any atom is 0.294 e. The second kappa shape index (κ2) is 8.63. The summed E-state index contributed by atoms with van der Waals surface area (Å²) in [7, 11) is 0. The summed E-state index contributed by atoms with van der Waals surface area (Å²) in [4.78, 5) is 34.2. The lowest BCUT2D eigenvalue weighted by atomic mass is 10.1. The van der Waals surface area contributed by atoms with Crippen LogP contribution in [-0.2, 0) is 11.3 Å². The molecule has 0 saturated carbocycles. The van der Waals surface area contributed by atoms with Gasteiger partial charge in [-0.2, -0.15) is 0 Å². The van der Waals surface area contributed by atoms with Crippen molar-refractivity contribution < 1.29 is 4.79 Å². The zero-order valence-electron chi connectivity index (χ0n) is 16.2. The molecule has 0 bridgehead atoms. The Hall–Kier alpha value is -3.90. The van der Waals surface area contributed by atoms with Gasteiger partial charge in [0, 0.05) is 17.5 Å². The zero-order valence-corrected chi connectivity index (χ0v) is 16.2. The van der Waals surface area contributed by atoms with Gasteiger partial charge in [-0.3, -0.25) is 9.59 Å². The molecule has 6 heteroatoms. The maximum atomic E-state index is 12.8. The SMILES string of the molecule is N[C@@H](C(=O)NCc1ccccc1)c1nc(-c2ccccc2)c2ccccc2nc1=O. The minimum absolute atomic E-state index is 0.0874. The lowest BCUT2D eigenvalue weighted by molar-refractivity contribution is -0.122. The van der Waals surface area contributed by atoms with Crippen molar-refractivity contribution in [1.82, 2.24) is 15.3 Å². The molecule has 0 saturated heterocycles. The number of rotatable bonds is 5. The molecule has 0 spiro atoms. The van der Waals surface area contributed by atoms with Crippen LogP contribution in [-0.4, -0.2) is 15.9 Å². The average molecular weight is 396 g/mol. The van der Waals surface area contributed by atoms with Crippen LogP contribution in [0.15, 0.2) is 89.7 Å². The number of nitrogens with two attached hydrogens (primary N) is 1. The number of carbonyl (C=O) groups excluding carboxylic acids is 1. The van der Waals surface area contributed by atoms with E-state index in [1.165, 1.54) is 0 Å². The molecule has 0 radical (unpaired) electrons. The molecule has 3 N–H and O–H groups in total. The second-order valence-corrected chi connectivity index (χ2v) is 6.83. The third kappa shape index (κ3) is 4.09. The minimum Gasteiger partial charge on any atom is -0.350 e. The highest BCUT2D eigenvalue weighted by Crippen LogP contribution is 2.25. The smallest absolute Gasteiger partial charge is 0.294 e. The Morgan fingerprint density at radius 3 is 2.23 bits per heavy atom. The number of fused-ring (bicyclic) bond motifs is 1. The molecule has 1 aromatic heterocycles. The first kappa shape index (κ1) is 19.4. The predicted octanol–water partition coefficient (Wildman–Crippen LogP) is 2.97. The third-order valence-corrected chi connectivity index (χ3v) is 4.77. The summed E-state index contributed by atoms with van der Waals surface area (Å²) < 4.78 is 0. The molecule has 0 aliphatic rings. The van der Waals surface area contributed by atoms with Gasteiger partial charge in [-0.25, -0.2) is 9.97 Å². The molecule has 3 aromatic carbocycles. The number of para-hydroxylation sites is 1. The molecule has 4 rings (SSSR count). The van der Waals surface area contributed by atoms with Crippen LogP contribution in [0.1, 0.15) is 17.3 Å². The van der Waals surface area contributed by atoms with Crippen LogP contribution >= 0.6 is 0 Å². The molecule has 0 unspecified atom stereocenters. The van der Waals surface area contributed by atoms with Crippen molar-refractivity contribution in [3.8, 4) is 11.3 Å². The first-order valence-electron chi connectivity index (χ1n) is 9.57. The molecular formula is C24H20N4O2. The maximum absolute atomic E-state index is 12.8. The standard InChI is InChI=1S/C24H20N4O2/c25-20(23(29)26-15-16-9-3-1-4-10-16)22-24(30)27-19-14-8-7-13-18(19)21(28-22)17-11-5-2-6-12-17/h1-14,20H,15,25H2,(H,26,29)/t20-/m1/s1. The Morgan fingerprint density at radius 1 is 0.867 bits per heavy atom. The van der Waals surface area contributed by atoms with E-state index >= 15 is 0 Å². The molecule has 0 fully saturated rings. The van der Waals surface area contributed by atoms with Crippen molar-refractivity contribution in [2.75, 3.05) is 0 Å². The van der Waals surface area contributed by atoms with Crippen LogP contribution in [0.4, 0.5) is 0 Å². The van der Waals surface area contributed by atoms with E-state index in [1.54, 1.807) is 12.1 Å². The Labute approximate surface area is 173 Å². The van der Waals surface area contributed by atoms with E-state index in [1.807, 2.05) is 72.8 Å². The molecule has 1 amide bonds. The number of carbonyl (C=O) groups is 1. The van der Waals surface area contributed by atoms with E-state index in [9.17, 15) is 9.59 Å². The highest BCUT2D eigenvalue weighted by Gasteiger charge is 2.22. The quantitative estimate of drug-likeness (QED) is 0.540. The lowest BCUT2D eigenvalue weighted by Gasteiger charge is -2.11. The van der Waals surface area contributed by atoms with Gasteiger partial charge in [0.05, 0.1) is 11.2 Å². The number of hydrogen-bond donors (Lipinski definition) is 2. The average Bonchev–Trinajstić information content (AvgIpc) is 2.94. The first-order valence-corrected chi connectivity index (χ1v) is 9.57. The fraction of sp³-hybridized carbons (Fsp3) is 0.0833. The van der Waals surface area contributed by atoms with Gasteiger partial charge in [-0.05, 0) is 11.6 Å². The number of nitrogens with one attached hydrogen (secondary N) is 1. The number of hydrogen-bond acceptors (Lipinski definition) is 5. The highest BCUT2D eigenvalue weighted by molar-refractivity contribution is 5.92. The van der Waals surface area contributed by atoms with Crippen LogP contribution in [0.2, 0.25) is 0 Å². The van der Waals surface area contributed by atoms with Crippen molar-refractivity contribution in [3.63, 3.8) is 0 Å². The zero-order chi connectivity index (χ0) is 20.9. The second-order valence-electron chi connectivity index (χ2n) is 6.83. The van der Waals surface area contributed by atoms with Crippen molar-refractivity contribution in [3.05, 3.63) is 107 Å². The van der Waals surface area contributed by atoms with Gasteiger partial charge in [0.1, 0.15) is 11.7 Å². The van der Waals surface area contributed by atoms with Gasteiger partial charge in [0.15, 0.2) is 0 Å². The van der Waals surface area contributed by atoms with Crippen LogP contribution in [0.3, 0.4) is 0 Å². The van der Waals surface area contributed by atoms with Gasteiger partial charge in [0.2, 0.25) is 5.91 Å². The summed E-state index contributed by atoms with van der Waals surface area (Å²) in [5.41, 5.74) is 8.25. The van der Waals surface area contributed by atoms with E-state index in [0.29, 0.717) is 23.1 Å². The highest BCUT2D eigenvalue weighted by atomic mass is 16.2. The van der Waals surface area contributed by atoms with Gasteiger partial charge in [-0.15, -0.1) is 0 Å². The predicted molar refractivity (Wildman–Crippen MR) is 116 cm³/mol. The van der Waals surface area contributed by atoms with Crippen molar-refractivity contribution in [2.24, 2.45) is 5.73 Å². The third-order valence-electron chi connectivity index (χ3n) is 4.77. The molecule has 0 aliphatic heterocycles. The fourth-order valence-electron chi connectivity index (χ4n) is 3.20. The summed E-state index contributed by atoms with van der Waals surface area (Å²) >= 11 is 0. The minimum atomic E-state index is -1.24. The van der Waals surface area contributed by atoms with E-state index in [0.717, 1.165) is 11.1 Å². The van der Waals surface area contributed by atoms with E-state index < -0.39 is 17.5 Å². The molecule has 1 atom stereocenters. The summed E-state index contributed by atoms with van der Waals surface area (Å²) in [6.45, 7) is 0.307. The lowest BCUT2D eigenvalue weighted by Crippen LogP contribution is -2.37. The summed E-state index contributed by atoms with van der Waals surface area (Å²) in [5, 5.41) is 3.48. The van der Waals surface area contributed by atoms with E-state index in [-0.39, 0.29) is 5.69 Å². The molecule has 0 aliphatic carbocycles. The fourth-order valence-corrected chi connectivity index (χ4v) is 3.20. The van der Waals surface area contributed by atoms with E-state index in [4.69, 9.17) is 5.73 Å². The summed E-state index contributed by atoms with van der Waals surface area (Å²) in [6.07, 6.45) is 0. The number of nitrogens with zero attached hydrogens (tertiary/aromatic N) is 2. The number of aromatic nitrogens is 2. The topological polar surface area (TPSA) is 98.0 Å². The van der Waals surface area contributed by atoms with Crippen molar-refractivity contribution >= 4 is 16.8 Å². The first-order chi connectivity index (χ1) is 14.6. The molecular weight excluding hydrogens is 376 g/mol. The molecule has 1 heterocycles. The molecule has 6 nitrogen and oxygen atoms in total. The normalized spacial score (nSPS) is 11.8. The number of benzene rings is 3. The van der Waals surface area contributed by atoms with Crippen molar-refractivity contribution in [1.29, 1.82) is 0 Å². The Balaban J connectivity index is 1.76. The van der Waals surface area contributed by atoms with Gasteiger partial charge < -0.3 is 11.1 Å². The number of amides is 1. The van der Waals surface area contributed by atoms with Gasteiger partial charge in [0.25, 0.3) is 5.56 Å².